The highest BCUT2D eigenvalue weighted by Crippen LogP contribution is 2.26. The zero-order chi connectivity index (χ0) is 22.8. The number of nitrogens with one attached hydrogen (secondary N) is 1. The van der Waals surface area contributed by atoms with Crippen molar-refractivity contribution in [3.63, 3.8) is 0 Å². The molecule has 2 aromatic heterocycles. The highest BCUT2D eigenvalue weighted by atomic mass is 19.1. The highest BCUT2D eigenvalue weighted by Gasteiger charge is 2.20. The molecule has 31 heavy (non-hydrogen) atoms. The van der Waals surface area contributed by atoms with Gasteiger partial charge in [0.15, 0.2) is 11.4 Å². The number of halogens is 2. The van der Waals surface area contributed by atoms with E-state index < -0.39 is 11.6 Å². The third kappa shape index (κ3) is 5.40. The normalized spacial score (nSPS) is 11.7. The first kappa shape index (κ1) is 22.7. The van der Waals surface area contributed by atoms with Crippen LogP contribution >= 0.6 is 0 Å². The molecule has 0 saturated heterocycles. The molecule has 0 unspecified atom stereocenters. The highest BCUT2D eigenvalue weighted by molar-refractivity contribution is 5.95. The fourth-order valence-corrected chi connectivity index (χ4v) is 3.46. The van der Waals surface area contributed by atoms with Crippen LogP contribution in [-0.4, -0.2) is 21.8 Å². The number of carbonyl (C=O) groups excluding carboxylic acids is 1. The first-order valence-electron chi connectivity index (χ1n) is 10.4. The zero-order valence-corrected chi connectivity index (χ0v) is 18.7. The van der Waals surface area contributed by atoms with E-state index in [-0.39, 0.29) is 23.5 Å². The summed E-state index contributed by atoms with van der Waals surface area (Å²) < 4.78 is 35.3. The van der Waals surface area contributed by atoms with E-state index in [0.29, 0.717) is 29.3 Å². The number of nitrogens with zero attached hydrogens (tertiary/aromatic N) is 2. The molecule has 3 aromatic rings. The Balaban J connectivity index is 1.83. The third-order valence-electron chi connectivity index (χ3n) is 5.04. The number of pyridine rings is 1. The van der Waals surface area contributed by atoms with Gasteiger partial charge in [-0.25, -0.2) is 13.8 Å². The molecule has 2 heterocycles. The Bertz CT molecular complexity index is 1080. The van der Waals surface area contributed by atoms with Gasteiger partial charge < -0.3 is 10.1 Å². The quantitative estimate of drug-likeness (QED) is 0.514. The lowest BCUT2D eigenvalue weighted by Gasteiger charge is -2.17. The Morgan fingerprint density at radius 2 is 1.87 bits per heavy atom. The molecular weight excluding hydrogens is 400 g/mol. The van der Waals surface area contributed by atoms with Crippen molar-refractivity contribution in [3.8, 4) is 5.75 Å². The Labute approximate surface area is 181 Å². The van der Waals surface area contributed by atoms with Crippen LogP contribution in [0, 0.1) is 30.9 Å². The molecule has 0 aliphatic rings. The lowest BCUT2D eigenvalue weighted by molar-refractivity contribution is 0.0945. The average molecular weight is 430 g/mol. The van der Waals surface area contributed by atoms with Crippen LogP contribution in [0.2, 0.25) is 0 Å². The number of hydrogen-bond donors (Lipinski definition) is 1. The summed E-state index contributed by atoms with van der Waals surface area (Å²) in [5.74, 6) is -1.19. The second-order valence-electron chi connectivity index (χ2n) is 9.03. The SMILES string of the molecule is Cc1cc(OCc2c(F)cccc2F)c2nc(C)c(C(=O)NCCCC(C)(C)C)n2c1. The van der Waals surface area contributed by atoms with Crippen LogP contribution in [0.1, 0.15) is 60.9 Å². The Morgan fingerprint density at radius 1 is 1.19 bits per heavy atom. The topological polar surface area (TPSA) is 55.6 Å². The number of aromatic nitrogens is 2. The van der Waals surface area contributed by atoms with Crippen molar-refractivity contribution in [2.75, 3.05) is 6.54 Å². The summed E-state index contributed by atoms with van der Waals surface area (Å²) in [5, 5.41) is 2.96. The summed E-state index contributed by atoms with van der Waals surface area (Å²) in [4.78, 5) is 17.3. The largest absolute Gasteiger partial charge is 0.485 e. The van der Waals surface area contributed by atoms with Gasteiger partial charge in [0.25, 0.3) is 5.91 Å². The van der Waals surface area contributed by atoms with Crippen molar-refractivity contribution in [2.24, 2.45) is 5.41 Å². The lowest BCUT2D eigenvalue weighted by atomic mass is 9.91. The van der Waals surface area contributed by atoms with Crippen molar-refractivity contribution in [1.82, 2.24) is 14.7 Å². The number of aryl methyl sites for hydroxylation is 2. The van der Waals surface area contributed by atoms with Crippen LogP contribution in [0.3, 0.4) is 0 Å². The van der Waals surface area contributed by atoms with Crippen LogP contribution in [0.15, 0.2) is 30.5 Å². The minimum atomic E-state index is -0.668. The summed E-state index contributed by atoms with van der Waals surface area (Å²) >= 11 is 0. The molecule has 0 aliphatic carbocycles. The van der Waals surface area contributed by atoms with Crippen LogP contribution in [0.4, 0.5) is 8.78 Å². The van der Waals surface area contributed by atoms with Crippen molar-refractivity contribution < 1.29 is 18.3 Å². The van der Waals surface area contributed by atoms with Gasteiger partial charge in [0, 0.05) is 12.7 Å². The van der Waals surface area contributed by atoms with Gasteiger partial charge in [0.1, 0.15) is 23.9 Å². The standard InChI is InChI=1S/C24H29F2N3O2/c1-15-12-20(31-14-17-18(25)8-6-9-19(17)26)22-28-16(2)21(29(22)13-15)23(30)27-11-7-10-24(3,4)5/h6,8-9,12-13H,7,10-11,14H2,1-5H3,(H,27,30). The molecular formula is C24H29F2N3O2. The molecule has 1 aromatic carbocycles. The van der Waals surface area contributed by atoms with E-state index in [4.69, 9.17) is 4.74 Å². The Kier molecular flexibility index (Phi) is 6.62. The summed E-state index contributed by atoms with van der Waals surface area (Å²) in [6, 6.07) is 5.43. The van der Waals surface area contributed by atoms with Crippen LogP contribution in [-0.2, 0) is 6.61 Å². The molecule has 0 aliphatic heterocycles. The maximum absolute atomic E-state index is 13.9. The van der Waals surface area contributed by atoms with E-state index >= 15 is 0 Å². The molecule has 7 heteroatoms. The van der Waals surface area contributed by atoms with Crippen LogP contribution in [0.25, 0.3) is 5.65 Å². The van der Waals surface area contributed by atoms with Gasteiger partial charge in [-0.05, 0) is 55.9 Å². The molecule has 1 amide bonds. The monoisotopic (exact) mass is 429 g/mol. The number of rotatable bonds is 7. The van der Waals surface area contributed by atoms with E-state index in [1.54, 1.807) is 23.6 Å². The predicted molar refractivity (Wildman–Crippen MR) is 116 cm³/mol. The number of amides is 1. The predicted octanol–water partition coefficient (Wildman–Crippen LogP) is 5.36. The summed E-state index contributed by atoms with van der Waals surface area (Å²) in [6.07, 6.45) is 3.69. The van der Waals surface area contributed by atoms with Gasteiger partial charge in [-0.15, -0.1) is 0 Å². The van der Waals surface area contributed by atoms with Gasteiger partial charge in [-0.3, -0.25) is 9.20 Å². The molecule has 0 atom stereocenters. The third-order valence-corrected chi connectivity index (χ3v) is 5.04. The maximum atomic E-state index is 13.9. The zero-order valence-electron chi connectivity index (χ0n) is 18.7. The van der Waals surface area contributed by atoms with E-state index in [1.165, 1.54) is 18.2 Å². The fourth-order valence-electron chi connectivity index (χ4n) is 3.46. The van der Waals surface area contributed by atoms with Gasteiger partial charge in [-0.1, -0.05) is 26.8 Å². The van der Waals surface area contributed by atoms with E-state index in [9.17, 15) is 13.6 Å². The maximum Gasteiger partial charge on any atom is 0.270 e. The average Bonchev–Trinajstić information content (AvgIpc) is 2.99. The Morgan fingerprint density at radius 3 is 2.52 bits per heavy atom. The lowest BCUT2D eigenvalue weighted by Crippen LogP contribution is -2.27. The van der Waals surface area contributed by atoms with Gasteiger partial charge >= 0.3 is 0 Å². The van der Waals surface area contributed by atoms with Crippen molar-refractivity contribution in [3.05, 3.63) is 64.6 Å². The van der Waals surface area contributed by atoms with E-state index in [2.05, 4.69) is 31.1 Å². The van der Waals surface area contributed by atoms with Crippen LogP contribution in [0.5, 0.6) is 5.75 Å². The van der Waals surface area contributed by atoms with E-state index in [0.717, 1.165) is 18.4 Å². The minimum Gasteiger partial charge on any atom is -0.485 e. The van der Waals surface area contributed by atoms with Gasteiger partial charge in [-0.2, -0.15) is 0 Å². The van der Waals surface area contributed by atoms with Crippen LogP contribution < -0.4 is 10.1 Å². The first-order valence-corrected chi connectivity index (χ1v) is 10.4. The first-order chi connectivity index (χ1) is 14.6. The fraction of sp³-hybridized carbons (Fsp3) is 0.417. The number of ether oxygens (including phenoxy) is 1. The van der Waals surface area contributed by atoms with Crippen molar-refractivity contribution >= 4 is 11.6 Å². The van der Waals surface area contributed by atoms with Crippen molar-refractivity contribution in [2.45, 2.75) is 54.1 Å². The van der Waals surface area contributed by atoms with Gasteiger partial charge in [0.05, 0.1) is 11.3 Å². The minimum absolute atomic E-state index is 0.151. The molecule has 0 bridgehead atoms. The summed E-state index contributed by atoms with van der Waals surface area (Å²) in [6.45, 7) is 10.4. The second kappa shape index (κ2) is 9.04. The molecule has 166 valence electrons. The molecule has 3 rings (SSSR count). The number of imidazole rings is 1. The number of benzene rings is 1. The number of hydrogen-bond acceptors (Lipinski definition) is 3. The molecule has 0 radical (unpaired) electrons. The second-order valence-corrected chi connectivity index (χ2v) is 9.03. The molecule has 0 fully saturated rings. The molecule has 0 saturated carbocycles. The number of fused-ring (bicyclic) bond motifs is 1. The molecule has 0 spiro atoms. The molecule has 1 N–H and O–H groups in total. The summed E-state index contributed by atoms with van der Waals surface area (Å²) in [7, 11) is 0. The Hall–Kier alpha value is -2.96. The van der Waals surface area contributed by atoms with E-state index in [1.807, 2.05) is 6.92 Å². The van der Waals surface area contributed by atoms with Crippen molar-refractivity contribution in [1.29, 1.82) is 0 Å². The number of carbonyl (C=O) groups is 1. The smallest absolute Gasteiger partial charge is 0.270 e. The molecule has 5 nitrogen and oxygen atoms in total. The summed E-state index contributed by atoms with van der Waals surface area (Å²) in [5.41, 5.74) is 2.31. The van der Waals surface area contributed by atoms with Gasteiger partial charge in [0.2, 0.25) is 0 Å².